The van der Waals surface area contributed by atoms with Crippen LogP contribution in [0.4, 0.5) is 13.2 Å². The van der Waals surface area contributed by atoms with Gasteiger partial charge in [0.25, 0.3) is 0 Å². The number of piperazine rings is 1. The topological polar surface area (TPSA) is 44.7 Å². The van der Waals surface area contributed by atoms with Crippen LogP contribution in [0.1, 0.15) is 11.6 Å². The lowest BCUT2D eigenvalue weighted by Crippen LogP contribution is -2.49. The van der Waals surface area contributed by atoms with E-state index in [1.807, 2.05) is 0 Å². The maximum absolute atomic E-state index is 13.5. The average Bonchev–Trinajstić information content (AvgIpc) is 2.42. The predicted molar refractivity (Wildman–Crippen MR) is 90.1 cm³/mol. The first-order chi connectivity index (χ1) is 9.84. The maximum Gasteiger partial charge on any atom is 0.408 e. The summed E-state index contributed by atoms with van der Waals surface area (Å²) in [5.41, 5.74) is -0.198. The third-order valence-electron chi connectivity index (χ3n) is 3.41. The van der Waals surface area contributed by atoms with E-state index < -0.39 is 18.0 Å². The van der Waals surface area contributed by atoms with Crippen LogP contribution in [0.5, 0.6) is 11.5 Å². The minimum atomic E-state index is -4.49. The molecule has 0 unspecified atom stereocenters. The first-order valence-corrected chi connectivity index (χ1v) is 7.21. The molecule has 0 bridgehead atoms. The maximum atomic E-state index is 13.5. The third-order valence-corrected chi connectivity index (χ3v) is 3.87. The molecule has 0 amide bonds. The van der Waals surface area contributed by atoms with E-state index in [9.17, 15) is 18.3 Å². The Hall–Kier alpha value is -0.410. The fraction of sp³-hybridized carbons (Fsp3) is 0.538. The second-order valence-electron chi connectivity index (χ2n) is 4.78. The van der Waals surface area contributed by atoms with Gasteiger partial charge in [-0.25, -0.2) is 0 Å². The Balaban J connectivity index is 0.00000242. The van der Waals surface area contributed by atoms with Crippen LogP contribution >= 0.6 is 40.7 Å². The summed E-state index contributed by atoms with van der Waals surface area (Å²) >= 11 is 3.16. The standard InChI is InChI=1S/C13H16BrF3N2O2.2ClH/c1-21-10-7-8(14)6-9(11(10)20)12(13(15,16)17)19-4-2-18-3-5-19;;/h6-7,12,18,20H,2-5H2,1H3;2*1H/t12-;;/m0../s1. The van der Waals surface area contributed by atoms with Gasteiger partial charge in [0, 0.05) is 36.2 Å². The van der Waals surface area contributed by atoms with Crippen LogP contribution in [-0.2, 0) is 0 Å². The van der Waals surface area contributed by atoms with Gasteiger partial charge in [0.2, 0.25) is 0 Å². The summed E-state index contributed by atoms with van der Waals surface area (Å²) in [4.78, 5) is 1.32. The summed E-state index contributed by atoms with van der Waals surface area (Å²) < 4.78 is 45.9. The van der Waals surface area contributed by atoms with Gasteiger partial charge in [0.1, 0.15) is 6.04 Å². The molecule has 0 radical (unpaired) electrons. The number of nitrogens with one attached hydrogen (secondary N) is 1. The second kappa shape index (κ2) is 9.17. The second-order valence-corrected chi connectivity index (χ2v) is 5.69. The SMILES string of the molecule is COc1cc(Br)cc([C@H](N2CCNCC2)C(F)(F)F)c1O.Cl.Cl. The Labute approximate surface area is 153 Å². The number of ether oxygens (including phenoxy) is 1. The first-order valence-electron chi connectivity index (χ1n) is 6.42. The highest BCUT2D eigenvalue weighted by Crippen LogP contribution is 2.45. The fourth-order valence-electron chi connectivity index (χ4n) is 2.48. The van der Waals surface area contributed by atoms with E-state index in [1.54, 1.807) is 0 Å². The highest BCUT2D eigenvalue weighted by atomic mass is 79.9. The van der Waals surface area contributed by atoms with Crippen LogP contribution in [0.15, 0.2) is 16.6 Å². The number of hydrogen-bond donors (Lipinski definition) is 2. The molecule has 1 atom stereocenters. The number of alkyl halides is 3. The number of phenols is 1. The van der Waals surface area contributed by atoms with Gasteiger partial charge >= 0.3 is 6.18 Å². The number of aromatic hydroxyl groups is 1. The zero-order valence-corrected chi connectivity index (χ0v) is 15.4. The molecule has 0 spiro atoms. The summed E-state index contributed by atoms with van der Waals surface area (Å²) in [7, 11) is 1.30. The van der Waals surface area contributed by atoms with Crippen molar-refractivity contribution in [2.75, 3.05) is 33.3 Å². The zero-order chi connectivity index (χ0) is 15.6. The number of benzene rings is 1. The number of methoxy groups -OCH3 is 1. The van der Waals surface area contributed by atoms with Gasteiger partial charge in [0.15, 0.2) is 11.5 Å². The van der Waals surface area contributed by atoms with E-state index in [-0.39, 0.29) is 49.2 Å². The van der Waals surface area contributed by atoms with Crippen molar-refractivity contribution in [2.24, 2.45) is 0 Å². The van der Waals surface area contributed by atoms with Crippen LogP contribution in [0.3, 0.4) is 0 Å². The normalized spacial score (nSPS) is 16.9. The molecule has 134 valence electrons. The van der Waals surface area contributed by atoms with Crippen LogP contribution in [-0.4, -0.2) is 49.5 Å². The van der Waals surface area contributed by atoms with Crippen molar-refractivity contribution in [3.8, 4) is 11.5 Å². The summed E-state index contributed by atoms with van der Waals surface area (Å²) in [5, 5.41) is 13.1. The van der Waals surface area contributed by atoms with E-state index in [0.717, 1.165) is 0 Å². The fourth-order valence-corrected chi connectivity index (χ4v) is 2.93. The molecule has 1 aromatic carbocycles. The number of phenolic OH excluding ortho intramolecular Hbond substituents is 1. The molecule has 1 saturated heterocycles. The molecular formula is C13H18BrCl2F3N2O2. The molecule has 0 aliphatic carbocycles. The van der Waals surface area contributed by atoms with Gasteiger partial charge in [-0.15, -0.1) is 24.8 Å². The number of halogens is 6. The molecule has 1 heterocycles. The van der Waals surface area contributed by atoms with Crippen molar-refractivity contribution in [1.29, 1.82) is 0 Å². The molecule has 10 heteroatoms. The summed E-state index contributed by atoms with van der Waals surface area (Å²) in [6.45, 7) is 1.49. The van der Waals surface area contributed by atoms with Crippen molar-refractivity contribution in [3.63, 3.8) is 0 Å². The molecule has 4 nitrogen and oxygen atoms in total. The lowest BCUT2D eigenvalue weighted by atomic mass is 10.0. The molecule has 1 aliphatic rings. The smallest absolute Gasteiger partial charge is 0.408 e. The Kier molecular flexibility index (Phi) is 9.01. The molecular weight excluding hydrogens is 424 g/mol. The number of nitrogens with zero attached hydrogens (tertiary/aromatic N) is 1. The Bertz CT molecular complexity index is 515. The molecule has 1 aliphatic heterocycles. The quantitative estimate of drug-likeness (QED) is 0.753. The zero-order valence-electron chi connectivity index (χ0n) is 12.2. The Morgan fingerprint density at radius 1 is 1.26 bits per heavy atom. The highest BCUT2D eigenvalue weighted by Gasteiger charge is 2.46. The monoisotopic (exact) mass is 440 g/mol. The van der Waals surface area contributed by atoms with Gasteiger partial charge in [-0.05, 0) is 12.1 Å². The van der Waals surface area contributed by atoms with Crippen molar-refractivity contribution in [3.05, 3.63) is 22.2 Å². The van der Waals surface area contributed by atoms with Gasteiger partial charge in [-0.3, -0.25) is 4.90 Å². The summed E-state index contributed by atoms with van der Waals surface area (Å²) in [6, 6.07) is 0.869. The Morgan fingerprint density at radius 2 is 1.83 bits per heavy atom. The highest BCUT2D eigenvalue weighted by molar-refractivity contribution is 9.10. The van der Waals surface area contributed by atoms with Crippen LogP contribution in [0, 0.1) is 0 Å². The van der Waals surface area contributed by atoms with Crippen molar-refractivity contribution >= 4 is 40.7 Å². The van der Waals surface area contributed by atoms with Crippen molar-refractivity contribution in [1.82, 2.24) is 10.2 Å². The Morgan fingerprint density at radius 3 is 2.30 bits per heavy atom. The molecule has 2 N–H and O–H groups in total. The number of rotatable bonds is 3. The third kappa shape index (κ3) is 5.29. The van der Waals surface area contributed by atoms with Gasteiger partial charge in [-0.1, -0.05) is 15.9 Å². The molecule has 1 aromatic rings. The van der Waals surface area contributed by atoms with Gasteiger partial charge in [0.05, 0.1) is 7.11 Å². The molecule has 0 aromatic heterocycles. The minimum Gasteiger partial charge on any atom is -0.504 e. The van der Waals surface area contributed by atoms with E-state index >= 15 is 0 Å². The number of hydrogen-bond acceptors (Lipinski definition) is 4. The summed E-state index contributed by atoms with van der Waals surface area (Å²) in [6.07, 6.45) is -4.49. The van der Waals surface area contributed by atoms with Gasteiger partial charge in [-0.2, -0.15) is 13.2 Å². The lowest BCUT2D eigenvalue weighted by molar-refractivity contribution is -0.188. The lowest BCUT2D eigenvalue weighted by Gasteiger charge is -2.36. The molecule has 2 rings (SSSR count). The summed E-state index contributed by atoms with van der Waals surface area (Å²) in [5.74, 6) is -0.453. The van der Waals surface area contributed by atoms with Crippen molar-refractivity contribution < 1.29 is 23.0 Å². The van der Waals surface area contributed by atoms with Gasteiger partial charge < -0.3 is 15.2 Å². The van der Waals surface area contributed by atoms with Crippen molar-refractivity contribution in [2.45, 2.75) is 12.2 Å². The largest absolute Gasteiger partial charge is 0.504 e. The van der Waals surface area contributed by atoms with E-state index in [1.165, 1.54) is 24.1 Å². The molecule has 1 fully saturated rings. The first kappa shape index (κ1) is 22.6. The van der Waals surface area contributed by atoms with Crippen LogP contribution in [0.2, 0.25) is 0 Å². The molecule has 0 saturated carbocycles. The van der Waals surface area contributed by atoms with E-state index in [0.29, 0.717) is 17.6 Å². The van der Waals surface area contributed by atoms with E-state index in [2.05, 4.69) is 21.2 Å². The van der Waals surface area contributed by atoms with Crippen LogP contribution in [0.25, 0.3) is 0 Å². The van der Waals surface area contributed by atoms with E-state index in [4.69, 9.17) is 4.74 Å². The average molecular weight is 442 g/mol. The molecule has 23 heavy (non-hydrogen) atoms. The van der Waals surface area contributed by atoms with Crippen LogP contribution < -0.4 is 10.1 Å². The predicted octanol–water partition coefficient (Wildman–Crippen LogP) is 3.52. The minimum absolute atomic E-state index is 0.